The van der Waals surface area contributed by atoms with E-state index in [0.717, 1.165) is 17.0 Å². The number of alkyl halides is 3. The van der Waals surface area contributed by atoms with Crippen molar-refractivity contribution in [2.24, 2.45) is 0 Å². The summed E-state index contributed by atoms with van der Waals surface area (Å²) < 4.78 is 40.3. The second-order valence-electron chi connectivity index (χ2n) is 3.98. The number of amides is 1. The van der Waals surface area contributed by atoms with Gasteiger partial charge in [0.25, 0.3) is 0 Å². The monoisotopic (exact) mass is 371 g/mol. The van der Waals surface area contributed by atoms with Crippen molar-refractivity contribution in [3.8, 4) is 5.75 Å². The number of rotatable bonds is 2. The summed E-state index contributed by atoms with van der Waals surface area (Å²) in [5.74, 6) is -1.26. The van der Waals surface area contributed by atoms with Crippen LogP contribution in [0.1, 0.15) is 6.42 Å². The number of benzene rings is 1. The molecule has 2 rings (SSSR count). The van der Waals surface area contributed by atoms with Crippen molar-refractivity contribution in [2.75, 3.05) is 11.4 Å². The van der Waals surface area contributed by atoms with Gasteiger partial charge in [-0.15, -0.1) is 13.2 Å². The average Bonchev–Trinajstić information content (AvgIpc) is 2.54. The van der Waals surface area contributed by atoms with E-state index in [1.807, 2.05) is 0 Å². The van der Waals surface area contributed by atoms with Crippen LogP contribution in [0.4, 0.5) is 18.9 Å². The predicted octanol–water partition coefficient (Wildman–Crippen LogP) is 3.31. The van der Waals surface area contributed by atoms with Crippen LogP contribution >= 0.6 is 27.5 Å². The van der Waals surface area contributed by atoms with Crippen molar-refractivity contribution in [3.05, 3.63) is 21.6 Å². The normalized spacial score (nSPS) is 15.9. The first kappa shape index (κ1) is 15.1. The van der Waals surface area contributed by atoms with Gasteiger partial charge in [0.1, 0.15) is 5.75 Å². The quantitative estimate of drug-likeness (QED) is 0.748. The Bertz CT molecular complexity index is 568. The molecule has 0 bridgehead atoms. The Balaban J connectivity index is 2.37. The Kier molecular flexibility index (Phi) is 3.97. The summed E-state index contributed by atoms with van der Waals surface area (Å²) in [4.78, 5) is 24.0. The van der Waals surface area contributed by atoms with Crippen molar-refractivity contribution >= 4 is 44.9 Å². The van der Waals surface area contributed by atoms with Crippen molar-refractivity contribution < 1.29 is 27.5 Å². The molecule has 0 atom stereocenters. The molecule has 0 aliphatic carbocycles. The highest BCUT2D eigenvalue weighted by Crippen LogP contribution is 2.40. The van der Waals surface area contributed by atoms with Gasteiger partial charge in [0.2, 0.25) is 5.91 Å². The smallest absolute Gasteiger partial charge is 0.406 e. The SMILES string of the molecule is O=C1CC(=O)N(c2c(Cl)cc(OC(F)(F)F)cc2Br)C1. The minimum atomic E-state index is -4.84. The Labute approximate surface area is 124 Å². The number of Topliss-reactive ketones (excluding diaryl/α,β-unsaturated/α-hetero) is 1. The molecule has 1 aromatic carbocycles. The molecule has 20 heavy (non-hydrogen) atoms. The second kappa shape index (κ2) is 5.25. The maximum absolute atomic E-state index is 12.1. The zero-order valence-electron chi connectivity index (χ0n) is 9.63. The van der Waals surface area contributed by atoms with E-state index in [1.165, 1.54) is 0 Å². The summed E-state index contributed by atoms with van der Waals surface area (Å²) in [6.07, 6.45) is -5.09. The van der Waals surface area contributed by atoms with E-state index in [2.05, 4.69) is 20.7 Å². The van der Waals surface area contributed by atoms with Gasteiger partial charge in [0.15, 0.2) is 5.78 Å². The summed E-state index contributed by atoms with van der Waals surface area (Å²) in [5.41, 5.74) is 0.150. The third-order valence-corrected chi connectivity index (χ3v) is 3.37. The third kappa shape index (κ3) is 3.24. The molecule has 0 N–H and O–H groups in total. The minimum Gasteiger partial charge on any atom is -0.406 e. The zero-order valence-corrected chi connectivity index (χ0v) is 12.0. The van der Waals surface area contributed by atoms with Gasteiger partial charge in [-0.25, -0.2) is 0 Å². The van der Waals surface area contributed by atoms with Gasteiger partial charge in [-0.1, -0.05) is 11.6 Å². The molecule has 9 heteroatoms. The van der Waals surface area contributed by atoms with E-state index in [-0.39, 0.29) is 33.9 Å². The second-order valence-corrected chi connectivity index (χ2v) is 5.24. The Morgan fingerprint density at radius 1 is 1.30 bits per heavy atom. The summed E-state index contributed by atoms with van der Waals surface area (Å²) in [7, 11) is 0. The van der Waals surface area contributed by atoms with Crippen LogP contribution in [0.2, 0.25) is 5.02 Å². The molecule has 0 spiro atoms. The number of halogens is 5. The number of hydrogen-bond donors (Lipinski definition) is 0. The van der Waals surface area contributed by atoms with Crippen LogP contribution in [0.3, 0.4) is 0 Å². The van der Waals surface area contributed by atoms with Crippen LogP contribution in [0.5, 0.6) is 5.75 Å². The summed E-state index contributed by atoms with van der Waals surface area (Å²) in [6, 6.07) is 1.97. The topological polar surface area (TPSA) is 46.6 Å². The van der Waals surface area contributed by atoms with Gasteiger partial charge in [-0.05, 0) is 22.0 Å². The molecule has 108 valence electrons. The molecule has 1 saturated heterocycles. The number of hydrogen-bond acceptors (Lipinski definition) is 3. The molecule has 0 radical (unpaired) electrons. The summed E-state index contributed by atoms with van der Waals surface area (Å²) in [6.45, 7) is -0.156. The molecule has 0 aromatic heterocycles. The number of ether oxygens (including phenoxy) is 1. The number of nitrogens with zero attached hydrogens (tertiary/aromatic N) is 1. The lowest BCUT2D eigenvalue weighted by molar-refractivity contribution is -0.274. The van der Waals surface area contributed by atoms with Crippen LogP contribution < -0.4 is 9.64 Å². The van der Waals surface area contributed by atoms with E-state index in [0.29, 0.717) is 0 Å². The largest absolute Gasteiger partial charge is 0.573 e. The Morgan fingerprint density at radius 2 is 1.95 bits per heavy atom. The molecular formula is C11H6BrClF3NO3. The van der Waals surface area contributed by atoms with E-state index >= 15 is 0 Å². The van der Waals surface area contributed by atoms with E-state index in [4.69, 9.17) is 11.6 Å². The molecule has 1 aliphatic heterocycles. The van der Waals surface area contributed by atoms with Crippen molar-refractivity contribution in [1.29, 1.82) is 0 Å². The van der Waals surface area contributed by atoms with Gasteiger partial charge in [0.05, 0.1) is 23.7 Å². The summed E-state index contributed by atoms with van der Waals surface area (Å²) >= 11 is 8.90. The number of carbonyl (C=O) groups is 2. The Hall–Kier alpha value is -1.28. The fraction of sp³-hybridized carbons (Fsp3) is 0.273. The third-order valence-electron chi connectivity index (χ3n) is 2.48. The molecule has 0 saturated carbocycles. The molecule has 0 unspecified atom stereocenters. The van der Waals surface area contributed by atoms with Crippen molar-refractivity contribution in [1.82, 2.24) is 0 Å². The number of carbonyl (C=O) groups excluding carboxylic acids is 2. The molecular weight excluding hydrogens is 366 g/mol. The predicted molar refractivity (Wildman–Crippen MR) is 67.8 cm³/mol. The van der Waals surface area contributed by atoms with E-state index < -0.39 is 18.0 Å². The van der Waals surface area contributed by atoms with Crippen LogP contribution in [0.15, 0.2) is 16.6 Å². The first-order valence-corrected chi connectivity index (χ1v) is 6.41. The highest BCUT2D eigenvalue weighted by molar-refractivity contribution is 9.10. The van der Waals surface area contributed by atoms with Gasteiger partial charge >= 0.3 is 6.36 Å². The maximum atomic E-state index is 12.1. The van der Waals surface area contributed by atoms with E-state index in [1.54, 1.807) is 0 Å². The first-order chi connectivity index (χ1) is 9.17. The molecule has 1 fully saturated rings. The van der Waals surface area contributed by atoms with Crippen LogP contribution in [0.25, 0.3) is 0 Å². The fourth-order valence-corrected chi connectivity index (χ4v) is 2.86. The molecule has 4 nitrogen and oxygen atoms in total. The van der Waals surface area contributed by atoms with Crippen LogP contribution in [0, 0.1) is 0 Å². The first-order valence-electron chi connectivity index (χ1n) is 5.24. The molecule has 1 aliphatic rings. The van der Waals surface area contributed by atoms with Gasteiger partial charge in [0, 0.05) is 10.5 Å². The lowest BCUT2D eigenvalue weighted by Crippen LogP contribution is -2.25. The Morgan fingerprint density at radius 3 is 2.40 bits per heavy atom. The molecule has 1 heterocycles. The van der Waals surface area contributed by atoms with Crippen molar-refractivity contribution in [2.45, 2.75) is 12.8 Å². The fourth-order valence-electron chi connectivity index (χ4n) is 1.78. The van der Waals surface area contributed by atoms with Crippen molar-refractivity contribution in [3.63, 3.8) is 0 Å². The number of ketones is 1. The van der Waals surface area contributed by atoms with Crippen LogP contribution in [-0.2, 0) is 9.59 Å². The highest BCUT2D eigenvalue weighted by Gasteiger charge is 2.34. The molecule has 1 amide bonds. The van der Waals surface area contributed by atoms with Gasteiger partial charge in [-0.2, -0.15) is 0 Å². The van der Waals surface area contributed by atoms with E-state index in [9.17, 15) is 22.8 Å². The standard InChI is InChI=1S/C11H6BrClF3NO3/c12-7-2-6(20-11(14,15)16)3-8(13)10(7)17-4-5(18)1-9(17)19/h2-3H,1,4H2. The van der Waals surface area contributed by atoms with Gasteiger partial charge in [-0.3, -0.25) is 9.59 Å². The average molecular weight is 373 g/mol. The highest BCUT2D eigenvalue weighted by atomic mass is 79.9. The van der Waals surface area contributed by atoms with Crippen LogP contribution in [-0.4, -0.2) is 24.6 Å². The lowest BCUT2D eigenvalue weighted by atomic mass is 10.2. The molecule has 1 aromatic rings. The number of anilines is 1. The van der Waals surface area contributed by atoms with Gasteiger partial charge < -0.3 is 9.64 Å². The zero-order chi connectivity index (χ0) is 15.1. The minimum absolute atomic E-state index is 0.123. The summed E-state index contributed by atoms with van der Waals surface area (Å²) in [5, 5.41) is -0.123. The lowest BCUT2D eigenvalue weighted by Gasteiger charge is -2.19. The maximum Gasteiger partial charge on any atom is 0.573 e.